The molecule has 106 valence electrons. The van der Waals surface area contributed by atoms with Crippen LogP contribution in [0.3, 0.4) is 0 Å². The molecule has 3 heterocycles. The van der Waals surface area contributed by atoms with Crippen LogP contribution in [0, 0.1) is 0 Å². The van der Waals surface area contributed by atoms with Crippen LogP contribution in [0.4, 0.5) is 0 Å². The van der Waals surface area contributed by atoms with E-state index in [9.17, 15) is 4.79 Å². The van der Waals surface area contributed by atoms with Crippen LogP contribution in [0.25, 0.3) is 11.0 Å². The lowest BCUT2D eigenvalue weighted by Crippen LogP contribution is -2.32. The average molecular weight is 273 g/mol. The van der Waals surface area contributed by atoms with Crippen LogP contribution < -0.4 is 5.32 Å². The second kappa shape index (κ2) is 5.63. The van der Waals surface area contributed by atoms with Crippen LogP contribution >= 0.6 is 0 Å². The molecule has 1 N–H and O–H groups in total. The molecule has 2 aromatic heterocycles. The van der Waals surface area contributed by atoms with Gasteiger partial charge in [-0.1, -0.05) is 0 Å². The number of carbonyl (C=O) groups excluding carboxylic acids is 1. The molecule has 1 aliphatic rings. The molecule has 0 bridgehead atoms. The number of nitrogens with one attached hydrogen (secondary N) is 1. The number of amides is 1. The standard InChI is InChI=1S/C15H19N3O2/c1-18-10-11(13-5-2-6-16-15(13)18)8-14(19)17-9-12-4-3-7-20-12/h2,5-6,10,12H,3-4,7-9H2,1H3,(H,17,19). The Morgan fingerprint density at radius 3 is 3.30 bits per heavy atom. The van der Waals surface area contributed by atoms with E-state index in [1.54, 1.807) is 6.20 Å². The smallest absolute Gasteiger partial charge is 0.224 e. The Morgan fingerprint density at radius 2 is 2.50 bits per heavy atom. The zero-order valence-electron chi connectivity index (χ0n) is 11.6. The van der Waals surface area contributed by atoms with E-state index in [-0.39, 0.29) is 12.0 Å². The summed E-state index contributed by atoms with van der Waals surface area (Å²) in [5.74, 6) is 0.0388. The number of hydrogen-bond donors (Lipinski definition) is 1. The molecule has 0 saturated carbocycles. The maximum absolute atomic E-state index is 12.0. The fraction of sp³-hybridized carbons (Fsp3) is 0.467. The van der Waals surface area contributed by atoms with Gasteiger partial charge in [0.25, 0.3) is 0 Å². The Morgan fingerprint density at radius 1 is 1.60 bits per heavy atom. The normalized spacial score (nSPS) is 18.6. The van der Waals surface area contributed by atoms with Crippen molar-refractivity contribution in [1.82, 2.24) is 14.9 Å². The van der Waals surface area contributed by atoms with Gasteiger partial charge in [0.1, 0.15) is 5.65 Å². The van der Waals surface area contributed by atoms with Gasteiger partial charge in [0, 0.05) is 38.0 Å². The maximum Gasteiger partial charge on any atom is 0.224 e. The Bertz CT molecular complexity index is 615. The summed E-state index contributed by atoms with van der Waals surface area (Å²) in [6, 6.07) is 3.90. The van der Waals surface area contributed by atoms with Gasteiger partial charge in [-0.15, -0.1) is 0 Å². The number of fused-ring (bicyclic) bond motifs is 1. The van der Waals surface area contributed by atoms with Crippen molar-refractivity contribution >= 4 is 16.9 Å². The largest absolute Gasteiger partial charge is 0.376 e. The van der Waals surface area contributed by atoms with Crippen molar-refractivity contribution in [3.05, 3.63) is 30.1 Å². The molecule has 1 aliphatic heterocycles. The molecule has 0 aliphatic carbocycles. The fourth-order valence-corrected chi connectivity index (χ4v) is 2.70. The molecule has 3 rings (SSSR count). The minimum absolute atomic E-state index is 0.0388. The van der Waals surface area contributed by atoms with E-state index in [4.69, 9.17) is 4.74 Å². The highest BCUT2D eigenvalue weighted by Gasteiger charge is 2.17. The van der Waals surface area contributed by atoms with Gasteiger partial charge in [-0.25, -0.2) is 4.98 Å². The van der Waals surface area contributed by atoms with Gasteiger partial charge in [0.05, 0.1) is 12.5 Å². The SMILES string of the molecule is Cn1cc(CC(=O)NCC2CCCO2)c2cccnc21. The van der Waals surface area contributed by atoms with Crippen molar-refractivity contribution in [3.8, 4) is 0 Å². The Labute approximate surface area is 117 Å². The van der Waals surface area contributed by atoms with E-state index >= 15 is 0 Å². The zero-order valence-corrected chi connectivity index (χ0v) is 11.6. The molecule has 20 heavy (non-hydrogen) atoms. The summed E-state index contributed by atoms with van der Waals surface area (Å²) in [7, 11) is 1.95. The van der Waals surface area contributed by atoms with E-state index in [2.05, 4.69) is 10.3 Å². The number of nitrogens with zero attached hydrogens (tertiary/aromatic N) is 2. The van der Waals surface area contributed by atoms with Crippen LogP contribution in [0.2, 0.25) is 0 Å². The lowest BCUT2D eigenvalue weighted by atomic mass is 10.1. The van der Waals surface area contributed by atoms with E-state index in [0.717, 1.165) is 36.0 Å². The third-order valence-corrected chi connectivity index (χ3v) is 3.72. The molecule has 0 radical (unpaired) electrons. The molecule has 2 aromatic rings. The Balaban J connectivity index is 1.65. The third-order valence-electron chi connectivity index (χ3n) is 3.72. The fourth-order valence-electron chi connectivity index (χ4n) is 2.70. The monoisotopic (exact) mass is 273 g/mol. The second-order valence-corrected chi connectivity index (χ2v) is 5.26. The molecule has 1 saturated heterocycles. The van der Waals surface area contributed by atoms with Gasteiger partial charge in [0.15, 0.2) is 0 Å². The van der Waals surface area contributed by atoms with Crippen molar-refractivity contribution in [2.45, 2.75) is 25.4 Å². The molecule has 1 atom stereocenters. The van der Waals surface area contributed by atoms with E-state index in [1.165, 1.54) is 0 Å². The first-order valence-electron chi connectivity index (χ1n) is 7.01. The van der Waals surface area contributed by atoms with Gasteiger partial charge >= 0.3 is 0 Å². The van der Waals surface area contributed by atoms with Crippen molar-refractivity contribution in [2.24, 2.45) is 7.05 Å². The molecule has 1 fully saturated rings. The highest BCUT2D eigenvalue weighted by molar-refractivity contribution is 5.87. The summed E-state index contributed by atoms with van der Waals surface area (Å²) in [5.41, 5.74) is 1.93. The first-order valence-corrected chi connectivity index (χ1v) is 7.01. The molecule has 5 heteroatoms. The lowest BCUT2D eigenvalue weighted by molar-refractivity contribution is -0.120. The van der Waals surface area contributed by atoms with Crippen molar-refractivity contribution in [3.63, 3.8) is 0 Å². The highest BCUT2D eigenvalue weighted by atomic mass is 16.5. The number of carbonyl (C=O) groups is 1. The predicted molar refractivity (Wildman–Crippen MR) is 76.4 cm³/mol. The summed E-state index contributed by atoms with van der Waals surface area (Å²) >= 11 is 0. The van der Waals surface area contributed by atoms with Crippen molar-refractivity contribution in [2.75, 3.05) is 13.2 Å². The second-order valence-electron chi connectivity index (χ2n) is 5.26. The molecule has 0 spiro atoms. The van der Waals surface area contributed by atoms with E-state index in [0.29, 0.717) is 13.0 Å². The number of aryl methyl sites for hydroxylation is 1. The van der Waals surface area contributed by atoms with Gasteiger partial charge < -0.3 is 14.6 Å². The summed E-state index contributed by atoms with van der Waals surface area (Å²) in [5, 5.41) is 4.00. The number of aromatic nitrogens is 2. The van der Waals surface area contributed by atoms with Crippen molar-refractivity contribution < 1.29 is 9.53 Å². The van der Waals surface area contributed by atoms with Crippen LogP contribution in [0.15, 0.2) is 24.5 Å². The molecule has 0 aromatic carbocycles. The van der Waals surface area contributed by atoms with Crippen LogP contribution in [0.1, 0.15) is 18.4 Å². The number of rotatable bonds is 4. The molecular formula is C15H19N3O2. The first kappa shape index (κ1) is 13.1. The summed E-state index contributed by atoms with van der Waals surface area (Å²) in [6.07, 6.45) is 6.45. The molecular weight excluding hydrogens is 254 g/mol. The number of ether oxygens (including phenoxy) is 1. The summed E-state index contributed by atoms with van der Waals surface area (Å²) in [4.78, 5) is 16.4. The summed E-state index contributed by atoms with van der Waals surface area (Å²) in [6.45, 7) is 1.43. The average Bonchev–Trinajstić information content (AvgIpc) is 3.07. The van der Waals surface area contributed by atoms with Crippen LogP contribution in [0.5, 0.6) is 0 Å². The predicted octanol–water partition coefficient (Wildman–Crippen LogP) is 1.41. The first-order chi connectivity index (χ1) is 9.74. The maximum atomic E-state index is 12.0. The topological polar surface area (TPSA) is 56.2 Å². The highest BCUT2D eigenvalue weighted by Crippen LogP contribution is 2.18. The van der Waals surface area contributed by atoms with Crippen LogP contribution in [-0.2, 0) is 23.0 Å². The van der Waals surface area contributed by atoms with E-state index < -0.39 is 0 Å². The minimum Gasteiger partial charge on any atom is -0.376 e. The third kappa shape index (κ3) is 2.67. The lowest BCUT2D eigenvalue weighted by Gasteiger charge is -2.10. The van der Waals surface area contributed by atoms with Gasteiger partial charge in [-0.3, -0.25) is 4.79 Å². The number of pyridine rings is 1. The van der Waals surface area contributed by atoms with Gasteiger partial charge in [-0.2, -0.15) is 0 Å². The zero-order chi connectivity index (χ0) is 13.9. The Kier molecular flexibility index (Phi) is 3.69. The van der Waals surface area contributed by atoms with Crippen molar-refractivity contribution in [1.29, 1.82) is 0 Å². The Hall–Kier alpha value is -1.88. The van der Waals surface area contributed by atoms with Gasteiger partial charge in [0.2, 0.25) is 5.91 Å². The van der Waals surface area contributed by atoms with E-state index in [1.807, 2.05) is 29.9 Å². The molecule has 1 amide bonds. The molecule has 5 nitrogen and oxygen atoms in total. The molecule has 1 unspecified atom stereocenters. The number of hydrogen-bond acceptors (Lipinski definition) is 3. The van der Waals surface area contributed by atoms with Gasteiger partial charge in [-0.05, 0) is 30.5 Å². The quantitative estimate of drug-likeness (QED) is 0.916. The summed E-state index contributed by atoms with van der Waals surface area (Å²) < 4.78 is 7.46. The van der Waals surface area contributed by atoms with Crippen LogP contribution in [-0.4, -0.2) is 34.7 Å². The minimum atomic E-state index is 0.0388.